The topological polar surface area (TPSA) is 131 Å². The van der Waals surface area contributed by atoms with Crippen LogP contribution in [0.5, 0.6) is 11.5 Å². The van der Waals surface area contributed by atoms with Gasteiger partial charge in [0.2, 0.25) is 11.6 Å². The summed E-state index contributed by atoms with van der Waals surface area (Å²) in [4.78, 5) is 24.9. The molecule has 3 aromatic heterocycles. The third-order valence-electron chi connectivity index (χ3n) is 6.56. The lowest BCUT2D eigenvalue weighted by atomic mass is 10.1. The molecule has 5 aromatic rings. The number of unbranched alkanes of at least 4 members (excludes halogenated alkanes) is 1. The number of rotatable bonds is 11. The van der Waals surface area contributed by atoms with Gasteiger partial charge in [-0.2, -0.15) is 0 Å². The molecule has 0 bridgehead atoms. The van der Waals surface area contributed by atoms with Gasteiger partial charge in [0.1, 0.15) is 11.6 Å². The number of ether oxygens (including phenoxy) is 2. The number of imidazole rings is 1. The first kappa shape index (κ1) is 26.2. The quantitative estimate of drug-likeness (QED) is 0.213. The lowest BCUT2D eigenvalue weighted by Crippen LogP contribution is -2.25. The van der Waals surface area contributed by atoms with Crippen LogP contribution in [0.3, 0.4) is 0 Å². The van der Waals surface area contributed by atoms with Gasteiger partial charge in [0.05, 0.1) is 36.3 Å². The van der Waals surface area contributed by atoms with E-state index in [1.54, 1.807) is 14.2 Å². The molecule has 2 aromatic carbocycles. The largest absolute Gasteiger partial charge is 0.493 e. The molecule has 5 rings (SSSR count). The van der Waals surface area contributed by atoms with Crippen molar-refractivity contribution in [2.45, 2.75) is 40.0 Å². The molecular weight excluding hydrogens is 496 g/mol. The normalized spacial score (nSPS) is 11.5. The van der Waals surface area contributed by atoms with E-state index >= 15 is 0 Å². The Kier molecular flexibility index (Phi) is 7.49. The Labute approximate surface area is 226 Å². The van der Waals surface area contributed by atoms with Crippen molar-refractivity contribution in [2.24, 2.45) is 5.92 Å². The molecule has 0 saturated carbocycles. The fraction of sp³-hybridized carbons (Fsp3) is 0.393. The molecule has 0 aliphatic carbocycles. The van der Waals surface area contributed by atoms with Crippen molar-refractivity contribution in [1.82, 2.24) is 34.9 Å². The van der Waals surface area contributed by atoms with E-state index in [9.17, 15) is 4.79 Å². The smallest absolute Gasteiger partial charge is 0.220 e. The Morgan fingerprint density at radius 2 is 1.77 bits per heavy atom. The van der Waals surface area contributed by atoms with Crippen LogP contribution in [0.1, 0.15) is 38.9 Å². The molecule has 0 saturated heterocycles. The SMILES string of the molecule is COc1cc2nc(-c3ccc4c(c3)nc(NCCCCNC(=O)CC(C)C)c3nnc(C)n34)[nH]c2cc1OC. The minimum Gasteiger partial charge on any atom is -0.493 e. The minimum atomic E-state index is 0.105. The van der Waals surface area contributed by atoms with Crippen molar-refractivity contribution in [1.29, 1.82) is 0 Å². The summed E-state index contributed by atoms with van der Waals surface area (Å²) in [5, 5.41) is 15.1. The first-order valence-corrected chi connectivity index (χ1v) is 13.2. The van der Waals surface area contributed by atoms with Gasteiger partial charge in [-0.05, 0) is 43.9 Å². The summed E-state index contributed by atoms with van der Waals surface area (Å²) < 4.78 is 12.9. The summed E-state index contributed by atoms with van der Waals surface area (Å²) >= 11 is 0. The van der Waals surface area contributed by atoms with Gasteiger partial charge >= 0.3 is 0 Å². The second-order valence-corrected chi connectivity index (χ2v) is 9.96. The van der Waals surface area contributed by atoms with E-state index < -0.39 is 0 Å². The standard InChI is InChI=1S/C28H34N8O3/c1-16(2)12-25(37)29-10-6-7-11-30-27-28-35-34-17(3)36(28)22-9-8-18(13-21(22)33-27)26-31-19-14-23(38-4)24(39-5)15-20(19)32-26/h8-9,13-16H,6-7,10-12H2,1-5H3,(H,29,37)(H,30,33)(H,31,32). The van der Waals surface area contributed by atoms with Crippen LogP contribution in [-0.4, -0.2) is 62.8 Å². The van der Waals surface area contributed by atoms with Crippen molar-refractivity contribution >= 4 is 39.4 Å². The monoisotopic (exact) mass is 530 g/mol. The van der Waals surface area contributed by atoms with Crippen molar-refractivity contribution in [3.8, 4) is 22.9 Å². The number of fused-ring (bicyclic) bond motifs is 4. The molecular formula is C28H34N8O3. The summed E-state index contributed by atoms with van der Waals surface area (Å²) in [6.45, 7) is 7.38. The number of anilines is 1. The molecule has 0 fully saturated rings. The van der Waals surface area contributed by atoms with E-state index in [4.69, 9.17) is 19.4 Å². The average Bonchev–Trinajstić information content (AvgIpc) is 3.52. The number of carbonyl (C=O) groups excluding carboxylic acids is 1. The van der Waals surface area contributed by atoms with Gasteiger partial charge in [0, 0.05) is 37.2 Å². The first-order valence-electron chi connectivity index (χ1n) is 13.2. The van der Waals surface area contributed by atoms with E-state index in [0.29, 0.717) is 48.4 Å². The van der Waals surface area contributed by atoms with Gasteiger partial charge in [0.15, 0.2) is 17.3 Å². The van der Waals surface area contributed by atoms with Crippen molar-refractivity contribution in [3.05, 3.63) is 36.2 Å². The summed E-state index contributed by atoms with van der Waals surface area (Å²) in [5.74, 6) is 3.90. The molecule has 11 nitrogen and oxygen atoms in total. The van der Waals surface area contributed by atoms with Gasteiger partial charge in [0.25, 0.3) is 0 Å². The highest BCUT2D eigenvalue weighted by Gasteiger charge is 2.16. The number of H-pyrrole nitrogens is 1. The molecule has 0 radical (unpaired) electrons. The number of nitrogens with one attached hydrogen (secondary N) is 3. The Morgan fingerprint density at radius 3 is 2.54 bits per heavy atom. The minimum absolute atomic E-state index is 0.105. The second kappa shape index (κ2) is 11.1. The van der Waals surface area contributed by atoms with Crippen LogP contribution in [-0.2, 0) is 4.79 Å². The zero-order chi connectivity index (χ0) is 27.5. The fourth-order valence-electron chi connectivity index (χ4n) is 4.64. The van der Waals surface area contributed by atoms with Gasteiger partial charge in [-0.1, -0.05) is 13.8 Å². The van der Waals surface area contributed by atoms with E-state index in [1.165, 1.54) is 0 Å². The van der Waals surface area contributed by atoms with Crippen LogP contribution in [0.25, 0.3) is 39.1 Å². The van der Waals surface area contributed by atoms with Gasteiger partial charge in [-0.15, -0.1) is 10.2 Å². The summed E-state index contributed by atoms with van der Waals surface area (Å²) in [7, 11) is 3.22. The first-order chi connectivity index (χ1) is 18.9. The highest BCUT2D eigenvalue weighted by atomic mass is 16.5. The molecule has 39 heavy (non-hydrogen) atoms. The molecule has 0 aliphatic rings. The Hall–Kier alpha value is -4.41. The van der Waals surface area contributed by atoms with E-state index in [0.717, 1.165) is 52.1 Å². The Balaban J connectivity index is 1.38. The molecule has 1 amide bonds. The molecule has 3 heterocycles. The van der Waals surface area contributed by atoms with Gasteiger partial charge in [-0.25, -0.2) is 9.97 Å². The number of nitrogens with zero attached hydrogens (tertiary/aromatic N) is 5. The van der Waals surface area contributed by atoms with Crippen molar-refractivity contribution in [3.63, 3.8) is 0 Å². The van der Waals surface area contributed by atoms with E-state index in [2.05, 4.69) is 25.8 Å². The predicted octanol–water partition coefficient (Wildman–Crippen LogP) is 4.50. The highest BCUT2D eigenvalue weighted by molar-refractivity contribution is 5.88. The second-order valence-electron chi connectivity index (χ2n) is 9.96. The van der Waals surface area contributed by atoms with Crippen LogP contribution in [0.4, 0.5) is 5.82 Å². The zero-order valence-electron chi connectivity index (χ0n) is 23.0. The summed E-state index contributed by atoms with van der Waals surface area (Å²) in [5.41, 5.74) is 4.92. The Morgan fingerprint density at radius 1 is 1.00 bits per heavy atom. The maximum atomic E-state index is 11.8. The third-order valence-corrected chi connectivity index (χ3v) is 6.56. The summed E-state index contributed by atoms with van der Waals surface area (Å²) in [6, 6.07) is 9.77. The number of methoxy groups -OCH3 is 2. The van der Waals surface area contributed by atoms with Crippen LogP contribution in [0.15, 0.2) is 30.3 Å². The third kappa shape index (κ3) is 5.43. The maximum absolute atomic E-state index is 11.8. The number of amides is 1. The van der Waals surface area contributed by atoms with Crippen LogP contribution in [0.2, 0.25) is 0 Å². The number of hydrogen-bond donors (Lipinski definition) is 3. The summed E-state index contributed by atoms with van der Waals surface area (Å²) in [6.07, 6.45) is 2.31. The van der Waals surface area contributed by atoms with Crippen molar-refractivity contribution < 1.29 is 14.3 Å². The predicted molar refractivity (Wildman–Crippen MR) is 151 cm³/mol. The average molecular weight is 531 g/mol. The van der Waals surface area contributed by atoms with Crippen LogP contribution >= 0.6 is 0 Å². The molecule has 0 unspecified atom stereocenters. The number of aromatic amines is 1. The number of carbonyl (C=O) groups is 1. The maximum Gasteiger partial charge on any atom is 0.220 e. The Bertz CT molecular complexity index is 1600. The molecule has 0 spiro atoms. The molecule has 0 atom stereocenters. The highest BCUT2D eigenvalue weighted by Crippen LogP contribution is 2.33. The van der Waals surface area contributed by atoms with Crippen LogP contribution in [0, 0.1) is 12.8 Å². The van der Waals surface area contributed by atoms with E-state index in [1.807, 2.05) is 55.5 Å². The van der Waals surface area contributed by atoms with E-state index in [-0.39, 0.29) is 5.91 Å². The zero-order valence-corrected chi connectivity index (χ0v) is 23.0. The molecule has 0 aliphatic heterocycles. The number of benzene rings is 2. The van der Waals surface area contributed by atoms with Crippen molar-refractivity contribution in [2.75, 3.05) is 32.6 Å². The van der Waals surface area contributed by atoms with Gasteiger partial charge < -0.3 is 25.1 Å². The number of aromatic nitrogens is 6. The fourth-order valence-corrected chi connectivity index (χ4v) is 4.64. The molecule has 204 valence electrons. The molecule has 11 heteroatoms. The lowest BCUT2D eigenvalue weighted by Gasteiger charge is -2.11. The van der Waals surface area contributed by atoms with Crippen LogP contribution < -0.4 is 20.1 Å². The number of aryl methyl sites for hydroxylation is 1. The number of hydrogen-bond acceptors (Lipinski definition) is 8. The van der Waals surface area contributed by atoms with Gasteiger partial charge in [-0.3, -0.25) is 9.20 Å². The molecule has 3 N–H and O–H groups in total. The lowest BCUT2D eigenvalue weighted by molar-refractivity contribution is -0.121.